The number of hydrogen-bond donors (Lipinski definition) is 2. The molecule has 0 aliphatic heterocycles. The molecule has 0 aromatic carbocycles. The smallest absolute Gasteiger partial charge is 0.309 e. The van der Waals surface area contributed by atoms with E-state index in [4.69, 9.17) is 5.11 Å². The van der Waals surface area contributed by atoms with Crippen LogP contribution in [0.4, 0.5) is 5.69 Å². The lowest BCUT2D eigenvalue weighted by atomic mass is 9.95. The normalized spacial score (nSPS) is 11.0. The van der Waals surface area contributed by atoms with Gasteiger partial charge in [0.05, 0.1) is 24.0 Å². The number of aromatic nitrogens is 1. The molecule has 0 saturated heterocycles. The molecule has 1 amide bonds. The fourth-order valence-corrected chi connectivity index (χ4v) is 1.08. The number of pyridine rings is 1. The summed E-state index contributed by atoms with van der Waals surface area (Å²) in [7, 11) is 0. The second kappa shape index (κ2) is 4.95. The molecule has 0 radical (unpaired) electrons. The number of carboxylic acid groups (broad SMARTS) is 1. The van der Waals surface area contributed by atoms with Crippen LogP contribution in [0.3, 0.4) is 0 Å². The highest BCUT2D eigenvalue weighted by molar-refractivity contribution is 5.94. The maximum absolute atomic E-state index is 11.7. The fourth-order valence-electron chi connectivity index (χ4n) is 1.08. The topological polar surface area (TPSA) is 79.3 Å². The summed E-state index contributed by atoms with van der Waals surface area (Å²) in [5.41, 5.74) is 0.560. The van der Waals surface area contributed by atoms with Crippen molar-refractivity contribution in [3.05, 3.63) is 24.0 Å². The van der Waals surface area contributed by atoms with Crippen LogP contribution < -0.4 is 5.32 Å². The average molecular weight is 236 g/mol. The minimum Gasteiger partial charge on any atom is -0.481 e. The fraction of sp³-hybridized carbons (Fsp3) is 0.417. The van der Waals surface area contributed by atoms with Crippen molar-refractivity contribution in [3.8, 4) is 0 Å². The highest BCUT2D eigenvalue weighted by Gasteiger charge is 2.21. The lowest BCUT2D eigenvalue weighted by Gasteiger charge is -2.17. The second-order valence-corrected chi connectivity index (χ2v) is 4.81. The Labute approximate surface area is 99.9 Å². The van der Waals surface area contributed by atoms with E-state index in [1.807, 2.05) is 20.8 Å². The highest BCUT2D eigenvalue weighted by atomic mass is 16.4. The largest absolute Gasteiger partial charge is 0.481 e. The van der Waals surface area contributed by atoms with Gasteiger partial charge >= 0.3 is 5.97 Å². The summed E-state index contributed by atoms with van der Waals surface area (Å²) in [5.74, 6) is -1.03. The SMILES string of the molecule is CC(C)(C)C(=O)Nc1ccc(CC(=O)O)nc1. The van der Waals surface area contributed by atoms with E-state index in [1.54, 1.807) is 12.1 Å². The second-order valence-electron chi connectivity index (χ2n) is 4.81. The Morgan fingerprint density at radius 1 is 1.35 bits per heavy atom. The Morgan fingerprint density at radius 2 is 2.00 bits per heavy atom. The first kappa shape index (κ1) is 13.2. The number of anilines is 1. The van der Waals surface area contributed by atoms with E-state index < -0.39 is 11.4 Å². The average Bonchev–Trinajstić information content (AvgIpc) is 2.18. The van der Waals surface area contributed by atoms with Crippen LogP contribution in [0.2, 0.25) is 0 Å². The van der Waals surface area contributed by atoms with E-state index >= 15 is 0 Å². The summed E-state index contributed by atoms with van der Waals surface area (Å²) in [4.78, 5) is 26.1. The molecule has 0 unspecified atom stereocenters. The summed E-state index contributed by atoms with van der Waals surface area (Å²) in [6, 6.07) is 3.24. The minimum atomic E-state index is -0.927. The number of hydrogen-bond acceptors (Lipinski definition) is 3. The summed E-state index contributed by atoms with van der Waals surface area (Å²) in [6.07, 6.45) is 1.34. The van der Waals surface area contributed by atoms with Crippen LogP contribution in [0, 0.1) is 5.41 Å². The quantitative estimate of drug-likeness (QED) is 0.837. The van der Waals surface area contributed by atoms with Crippen molar-refractivity contribution in [1.82, 2.24) is 4.98 Å². The van der Waals surface area contributed by atoms with Crippen molar-refractivity contribution in [3.63, 3.8) is 0 Å². The first-order valence-electron chi connectivity index (χ1n) is 5.27. The van der Waals surface area contributed by atoms with Gasteiger partial charge in [0.1, 0.15) is 0 Å². The molecule has 0 aliphatic carbocycles. The lowest BCUT2D eigenvalue weighted by Crippen LogP contribution is -2.27. The number of carboxylic acids is 1. The van der Waals surface area contributed by atoms with Gasteiger partial charge in [-0.15, -0.1) is 0 Å². The molecule has 0 aliphatic rings. The van der Waals surface area contributed by atoms with Gasteiger partial charge in [-0.1, -0.05) is 20.8 Å². The Morgan fingerprint density at radius 3 is 2.41 bits per heavy atom. The minimum absolute atomic E-state index is 0.106. The van der Waals surface area contributed by atoms with Gasteiger partial charge in [0, 0.05) is 5.41 Å². The predicted octanol–water partition coefficient (Wildman–Crippen LogP) is 1.69. The van der Waals surface area contributed by atoms with E-state index in [-0.39, 0.29) is 12.3 Å². The number of rotatable bonds is 3. The van der Waals surface area contributed by atoms with Crippen molar-refractivity contribution in [2.24, 2.45) is 5.41 Å². The predicted molar refractivity (Wildman–Crippen MR) is 63.7 cm³/mol. The number of nitrogens with zero attached hydrogens (tertiary/aromatic N) is 1. The van der Waals surface area contributed by atoms with Gasteiger partial charge in [0.2, 0.25) is 5.91 Å². The molecule has 1 aromatic rings. The molecule has 0 saturated carbocycles. The first-order chi connectivity index (χ1) is 7.79. The maximum atomic E-state index is 11.7. The number of amides is 1. The highest BCUT2D eigenvalue weighted by Crippen LogP contribution is 2.16. The van der Waals surface area contributed by atoms with E-state index in [0.717, 1.165) is 0 Å². The van der Waals surface area contributed by atoms with E-state index in [0.29, 0.717) is 11.4 Å². The van der Waals surface area contributed by atoms with Crippen LogP contribution in [0.15, 0.2) is 18.3 Å². The molecule has 0 bridgehead atoms. The first-order valence-corrected chi connectivity index (χ1v) is 5.27. The zero-order valence-corrected chi connectivity index (χ0v) is 10.2. The van der Waals surface area contributed by atoms with Gasteiger partial charge in [-0.2, -0.15) is 0 Å². The Hall–Kier alpha value is -1.91. The van der Waals surface area contributed by atoms with Crippen molar-refractivity contribution in [2.45, 2.75) is 27.2 Å². The third kappa shape index (κ3) is 4.22. The molecule has 1 heterocycles. The number of aliphatic carboxylic acids is 1. The zero-order chi connectivity index (χ0) is 13.1. The van der Waals surface area contributed by atoms with Gasteiger partial charge < -0.3 is 10.4 Å². The molecule has 0 fully saturated rings. The molecule has 1 rings (SSSR count). The van der Waals surface area contributed by atoms with Crippen LogP contribution in [0.5, 0.6) is 0 Å². The molecule has 2 N–H and O–H groups in total. The Bertz CT molecular complexity index is 418. The molecule has 5 nitrogen and oxygen atoms in total. The third-order valence-corrected chi connectivity index (χ3v) is 2.10. The standard InChI is InChI=1S/C12H16N2O3/c1-12(2,3)11(17)14-9-5-4-8(13-7-9)6-10(15)16/h4-5,7H,6H2,1-3H3,(H,14,17)(H,15,16). The van der Waals surface area contributed by atoms with Gasteiger partial charge in [-0.25, -0.2) is 0 Å². The van der Waals surface area contributed by atoms with Crippen molar-refractivity contribution < 1.29 is 14.7 Å². The zero-order valence-electron chi connectivity index (χ0n) is 10.2. The number of nitrogens with one attached hydrogen (secondary N) is 1. The summed E-state index contributed by atoms with van der Waals surface area (Å²) in [6.45, 7) is 5.44. The molecular weight excluding hydrogens is 220 g/mol. The molecular formula is C12H16N2O3. The van der Waals surface area contributed by atoms with E-state index in [2.05, 4.69) is 10.3 Å². The summed E-state index contributed by atoms with van der Waals surface area (Å²) < 4.78 is 0. The summed E-state index contributed by atoms with van der Waals surface area (Å²) in [5, 5.41) is 11.3. The molecule has 5 heteroatoms. The molecule has 1 aromatic heterocycles. The van der Waals surface area contributed by atoms with E-state index in [1.165, 1.54) is 6.20 Å². The van der Waals surface area contributed by atoms with Crippen molar-refractivity contribution >= 4 is 17.6 Å². The van der Waals surface area contributed by atoms with Crippen LogP contribution in [0.1, 0.15) is 26.5 Å². The van der Waals surface area contributed by atoms with Crippen LogP contribution in [0.25, 0.3) is 0 Å². The Kier molecular flexibility index (Phi) is 3.83. The monoisotopic (exact) mass is 236 g/mol. The molecule has 0 atom stereocenters. The Balaban J connectivity index is 2.69. The van der Waals surface area contributed by atoms with Gasteiger partial charge in [0.25, 0.3) is 0 Å². The van der Waals surface area contributed by atoms with Crippen LogP contribution in [-0.4, -0.2) is 22.0 Å². The maximum Gasteiger partial charge on any atom is 0.309 e. The number of carbonyl (C=O) groups is 2. The van der Waals surface area contributed by atoms with E-state index in [9.17, 15) is 9.59 Å². The molecule has 0 spiro atoms. The molecule has 92 valence electrons. The van der Waals surface area contributed by atoms with Gasteiger partial charge in [-0.3, -0.25) is 14.6 Å². The van der Waals surface area contributed by atoms with Crippen molar-refractivity contribution in [1.29, 1.82) is 0 Å². The number of carbonyl (C=O) groups excluding carboxylic acids is 1. The summed E-state index contributed by atoms with van der Waals surface area (Å²) >= 11 is 0. The van der Waals surface area contributed by atoms with Crippen LogP contribution in [-0.2, 0) is 16.0 Å². The van der Waals surface area contributed by atoms with Crippen LogP contribution >= 0.6 is 0 Å². The lowest BCUT2D eigenvalue weighted by molar-refractivity contribution is -0.136. The molecule has 17 heavy (non-hydrogen) atoms. The van der Waals surface area contributed by atoms with Gasteiger partial charge in [0.15, 0.2) is 0 Å². The van der Waals surface area contributed by atoms with Crippen molar-refractivity contribution in [2.75, 3.05) is 5.32 Å². The third-order valence-electron chi connectivity index (χ3n) is 2.10. The van der Waals surface area contributed by atoms with Gasteiger partial charge in [-0.05, 0) is 12.1 Å².